The lowest BCUT2D eigenvalue weighted by molar-refractivity contribution is -0.120. The summed E-state index contributed by atoms with van der Waals surface area (Å²) in [6.07, 6.45) is 0. The van der Waals surface area contributed by atoms with Gasteiger partial charge in [-0.1, -0.05) is 12.1 Å². The summed E-state index contributed by atoms with van der Waals surface area (Å²) in [5.74, 6) is 0.730. The number of aromatic amines is 2. The van der Waals surface area contributed by atoms with Crippen molar-refractivity contribution < 1.29 is 9.53 Å². The Morgan fingerprint density at radius 3 is 2.56 bits per heavy atom. The summed E-state index contributed by atoms with van der Waals surface area (Å²) < 4.78 is 5.45. The molecule has 0 fully saturated rings. The number of aromatic nitrogens is 2. The van der Waals surface area contributed by atoms with E-state index in [1.807, 2.05) is 50.1 Å². The number of likely N-dealkylation sites (N-methyl/N-ethyl adjacent to an activating group) is 1. The van der Waals surface area contributed by atoms with Crippen LogP contribution in [-0.4, -0.2) is 40.5 Å². The van der Waals surface area contributed by atoms with Gasteiger partial charge in [-0.2, -0.15) is 0 Å². The highest BCUT2D eigenvalue weighted by Gasteiger charge is 2.18. The first-order valence-corrected chi connectivity index (χ1v) is 8.91. The van der Waals surface area contributed by atoms with Gasteiger partial charge >= 0.3 is 5.69 Å². The molecule has 1 amide bonds. The van der Waals surface area contributed by atoms with Crippen molar-refractivity contribution in [1.29, 1.82) is 0 Å². The van der Waals surface area contributed by atoms with Crippen LogP contribution in [-0.2, 0) is 11.3 Å². The Labute approximate surface area is 157 Å². The molecule has 0 saturated heterocycles. The van der Waals surface area contributed by atoms with Gasteiger partial charge in [0, 0.05) is 12.2 Å². The molecule has 7 nitrogen and oxygen atoms in total. The van der Waals surface area contributed by atoms with E-state index in [9.17, 15) is 9.59 Å². The predicted octanol–water partition coefficient (Wildman–Crippen LogP) is 2.71. The van der Waals surface area contributed by atoms with Crippen LogP contribution in [0.5, 0.6) is 5.75 Å². The van der Waals surface area contributed by atoms with Crippen molar-refractivity contribution in [1.82, 2.24) is 14.9 Å². The number of hydrogen-bond donors (Lipinski definition) is 3. The smallest absolute Gasteiger partial charge is 0.323 e. The molecule has 27 heavy (non-hydrogen) atoms. The highest BCUT2D eigenvalue weighted by Crippen LogP contribution is 2.17. The SMILES string of the molecule is CCOc1ccc(CN(C)[C@@H](C)C(=O)Nc2ccc3[nH]c(=O)[nH]c3c2)cc1. The van der Waals surface area contributed by atoms with Crippen LogP contribution in [0.3, 0.4) is 0 Å². The van der Waals surface area contributed by atoms with Crippen molar-refractivity contribution >= 4 is 22.6 Å². The molecule has 0 bridgehead atoms. The number of nitrogens with zero attached hydrogens (tertiary/aromatic N) is 1. The van der Waals surface area contributed by atoms with Gasteiger partial charge in [0.1, 0.15) is 5.75 Å². The van der Waals surface area contributed by atoms with E-state index in [-0.39, 0.29) is 17.6 Å². The molecule has 1 heterocycles. The highest BCUT2D eigenvalue weighted by molar-refractivity contribution is 5.96. The fourth-order valence-electron chi connectivity index (χ4n) is 2.84. The Kier molecular flexibility index (Phi) is 5.61. The van der Waals surface area contributed by atoms with Crippen molar-refractivity contribution in [3.8, 4) is 5.75 Å². The van der Waals surface area contributed by atoms with Crippen LogP contribution in [0.25, 0.3) is 11.0 Å². The van der Waals surface area contributed by atoms with Crippen LogP contribution in [0.2, 0.25) is 0 Å². The van der Waals surface area contributed by atoms with Crippen LogP contribution in [0, 0.1) is 0 Å². The van der Waals surface area contributed by atoms with Gasteiger partial charge in [-0.15, -0.1) is 0 Å². The fraction of sp³-hybridized carbons (Fsp3) is 0.300. The highest BCUT2D eigenvalue weighted by atomic mass is 16.5. The average molecular weight is 368 g/mol. The predicted molar refractivity (Wildman–Crippen MR) is 106 cm³/mol. The fourth-order valence-corrected chi connectivity index (χ4v) is 2.84. The van der Waals surface area contributed by atoms with Gasteiger partial charge in [0.15, 0.2) is 0 Å². The quantitative estimate of drug-likeness (QED) is 0.598. The molecule has 0 aliphatic heterocycles. The number of carbonyl (C=O) groups excluding carboxylic acids is 1. The Morgan fingerprint density at radius 2 is 1.85 bits per heavy atom. The zero-order valence-electron chi connectivity index (χ0n) is 15.7. The Balaban J connectivity index is 1.61. The minimum absolute atomic E-state index is 0.110. The van der Waals surface area contributed by atoms with Gasteiger partial charge in [-0.25, -0.2) is 4.79 Å². The van der Waals surface area contributed by atoms with E-state index in [1.54, 1.807) is 18.2 Å². The van der Waals surface area contributed by atoms with Crippen molar-refractivity contribution in [3.05, 3.63) is 58.5 Å². The number of rotatable bonds is 7. The second-order valence-electron chi connectivity index (χ2n) is 6.50. The molecule has 2 aromatic carbocycles. The number of hydrogen-bond acceptors (Lipinski definition) is 4. The molecule has 0 spiro atoms. The summed E-state index contributed by atoms with van der Waals surface area (Å²) in [6, 6.07) is 12.8. The summed E-state index contributed by atoms with van der Waals surface area (Å²) in [4.78, 5) is 31.2. The van der Waals surface area contributed by atoms with Gasteiger partial charge in [0.05, 0.1) is 23.7 Å². The van der Waals surface area contributed by atoms with E-state index in [2.05, 4.69) is 15.3 Å². The van der Waals surface area contributed by atoms with Crippen LogP contribution in [0.15, 0.2) is 47.3 Å². The second-order valence-corrected chi connectivity index (χ2v) is 6.50. The Hall–Kier alpha value is -3.06. The summed E-state index contributed by atoms with van der Waals surface area (Å²) in [7, 11) is 1.91. The number of nitrogens with one attached hydrogen (secondary N) is 3. The van der Waals surface area contributed by atoms with Crippen molar-refractivity contribution in [2.75, 3.05) is 19.0 Å². The molecule has 0 aliphatic rings. The third-order valence-corrected chi connectivity index (χ3v) is 4.49. The maximum absolute atomic E-state index is 12.6. The van der Waals surface area contributed by atoms with E-state index in [4.69, 9.17) is 4.74 Å². The second kappa shape index (κ2) is 8.09. The summed E-state index contributed by atoms with van der Waals surface area (Å²) in [5.41, 5.74) is 2.85. The number of H-pyrrole nitrogens is 2. The molecular weight excluding hydrogens is 344 g/mol. The maximum atomic E-state index is 12.6. The number of amides is 1. The first-order chi connectivity index (χ1) is 13.0. The zero-order chi connectivity index (χ0) is 19.4. The molecule has 142 valence electrons. The molecule has 1 aromatic heterocycles. The molecule has 0 unspecified atom stereocenters. The van der Waals surface area contributed by atoms with Crippen LogP contribution in [0.4, 0.5) is 5.69 Å². The lowest BCUT2D eigenvalue weighted by Crippen LogP contribution is -2.39. The van der Waals surface area contributed by atoms with Crippen molar-refractivity contribution in [3.63, 3.8) is 0 Å². The summed E-state index contributed by atoms with van der Waals surface area (Å²) in [5, 5.41) is 2.90. The van der Waals surface area contributed by atoms with E-state index in [1.165, 1.54) is 0 Å². The van der Waals surface area contributed by atoms with Gasteiger partial charge in [0.2, 0.25) is 5.91 Å². The molecule has 1 atom stereocenters. The number of benzene rings is 2. The lowest BCUT2D eigenvalue weighted by atomic mass is 10.1. The van der Waals surface area contributed by atoms with Crippen molar-refractivity contribution in [2.45, 2.75) is 26.4 Å². The molecule has 3 aromatic rings. The molecule has 0 radical (unpaired) electrons. The molecule has 7 heteroatoms. The number of anilines is 1. The monoisotopic (exact) mass is 368 g/mol. The minimum atomic E-state index is -0.322. The van der Waals surface area contributed by atoms with Gasteiger partial charge in [-0.05, 0) is 56.8 Å². The standard InChI is InChI=1S/C20H24N4O3/c1-4-27-16-8-5-14(6-9-16)12-24(3)13(2)19(25)21-15-7-10-17-18(11-15)23-20(26)22-17/h5-11,13H,4,12H2,1-3H3,(H,21,25)(H2,22,23,26)/t13-/m0/s1. The molecule has 0 saturated carbocycles. The largest absolute Gasteiger partial charge is 0.494 e. The zero-order valence-corrected chi connectivity index (χ0v) is 15.7. The van der Waals surface area contributed by atoms with E-state index in [0.29, 0.717) is 29.9 Å². The third kappa shape index (κ3) is 4.57. The number of carbonyl (C=O) groups is 1. The number of ether oxygens (including phenoxy) is 1. The van der Waals surface area contributed by atoms with Crippen molar-refractivity contribution in [2.24, 2.45) is 0 Å². The maximum Gasteiger partial charge on any atom is 0.323 e. The molecular formula is C20H24N4O3. The van der Waals surface area contributed by atoms with Gasteiger partial charge < -0.3 is 20.0 Å². The van der Waals surface area contributed by atoms with E-state index < -0.39 is 0 Å². The summed E-state index contributed by atoms with van der Waals surface area (Å²) >= 11 is 0. The van der Waals surface area contributed by atoms with Gasteiger partial charge in [0.25, 0.3) is 0 Å². The lowest BCUT2D eigenvalue weighted by Gasteiger charge is -2.24. The minimum Gasteiger partial charge on any atom is -0.494 e. The topological polar surface area (TPSA) is 90.2 Å². The molecule has 0 aliphatic carbocycles. The molecule has 3 N–H and O–H groups in total. The third-order valence-electron chi connectivity index (χ3n) is 4.49. The normalized spacial score (nSPS) is 12.3. The van der Waals surface area contributed by atoms with Gasteiger partial charge in [-0.3, -0.25) is 9.69 Å². The summed E-state index contributed by atoms with van der Waals surface area (Å²) in [6.45, 7) is 5.10. The number of fused-ring (bicyclic) bond motifs is 1. The first kappa shape index (κ1) is 18.7. The van der Waals surface area contributed by atoms with Crippen LogP contribution >= 0.6 is 0 Å². The molecule has 3 rings (SSSR count). The average Bonchev–Trinajstić information content (AvgIpc) is 3.02. The Bertz CT molecular complexity index is 975. The first-order valence-electron chi connectivity index (χ1n) is 8.91. The van der Waals surface area contributed by atoms with E-state index in [0.717, 1.165) is 11.3 Å². The van der Waals surface area contributed by atoms with Crippen LogP contribution < -0.4 is 15.7 Å². The van der Waals surface area contributed by atoms with E-state index >= 15 is 0 Å². The number of imidazole rings is 1. The Morgan fingerprint density at radius 1 is 1.15 bits per heavy atom. The van der Waals surface area contributed by atoms with Crippen LogP contribution in [0.1, 0.15) is 19.4 Å².